The standard InChI is InChI=1S/C16H21NO3S/c1-4-12(2)14-6-9-16(10-7-14)21(18,19)17-11-15-8-5-13(3)20-15/h5-10,12,17H,4,11H2,1-3H3. The van der Waals surface area contributed by atoms with Crippen LogP contribution in [0.2, 0.25) is 0 Å². The van der Waals surface area contributed by atoms with E-state index in [9.17, 15) is 8.42 Å². The minimum atomic E-state index is -3.51. The summed E-state index contributed by atoms with van der Waals surface area (Å²) < 4.78 is 32.3. The molecule has 0 aliphatic rings. The second kappa shape index (κ2) is 6.45. The predicted molar refractivity (Wildman–Crippen MR) is 82.6 cm³/mol. The molecule has 0 fully saturated rings. The molecule has 1 unspecified atom stereocenters. The molecule has 1 aromatic carbocycles. The summed E-state index contributed by atoms with van der Waals surface area (Å²) in [6.45, 7) is 6.22. The molecular weight excluding hydrogens is 286 g/mol. The zero-order chi connectivity index (χ0) is 15.5. The first-order valence-corrected chi connectivity index (χ1v) is 8.55. The number of nitrogens with one attached hydrogen (secondary N) is 1. The molecule has 1 N–H and O–H groups in total. The van der Waals surface area contributed by atoms with E-state index in [4.69, 9.17) is 4.42 Å². The molecule has 2 aromatic rings. The lowest BCUT2D eigenvalue weighted by Crippen LogP contribution is -2.23. The fourth-order valence-electron chi connectivity index (χ4n) is 2.04. The Morgan fingerprint density at radius 2 is 1.81 bits per heavy atom. The molecule has 0 aliphatic heterocycles. The minimum absolute atomic E-state index is 0.156. The van der Waals surface area contributed by atoms with Crippen LogP contribution in [-0.2, 0) is 16.6 Å². The van der Waals surface area contributed by atoms with E-state index in [0.717, 1.165) is 17.7 Å². The van der Waals surface area contributed by atoms with E-state index in [0.29, 0.717) is 11.7 Å². The van der Waals surface area contributed by atoms with Crippen LogP contribution in [0.3, 0.4) is 0 Å². The lowest BCUT2D eigenvalue weighted by atomic mass is 9.99. The normalized spacial score (nSPS) is 13.3. The van der Waals surface area contributed by atoms with Crippen molar-refractivity contribution in [2.45, 2.75) is 44.6 Å². The smallest absolute Gasteiger partial charge is 0.240 e. The molecule has 1 atom stereocenters. The molecule has 1 aromatic heterocycles. The van der Waals surface area contributed by atoms with Crippen molar-refractivity contribution >= 4 is 10.0 Å². The number of hydrogen-bond acceptors (Lipinski definition) is 3. The fraction of sp³-hybridized carbons (Fsp3) is 0.375. The number of aryl methyl sites for hydroxylation is 1. The Labute approximate surface area is 126 Å². The van der Waals surface area contributed by atoms with Gasteiger partial charge in [-0.3, -0.25) is 0 Å². The molecule has 114 valence electrons. The van der Waals surface area contributed by atoms with E-state index in [1.807, 2.05) is 25.1 Å². The summed E-state index contributed by atoms with van der Waals surface area (Å²) in [5, 5.41) is 0. The van der Waals surface area contributed by atoms with Crippen LogP contribution in [-0.4, -0.2) is 8.42 Å². The van der Waals surface area contributed by atoms with Crippen molar-refractivity contribution in [3.63, 3.8) is 0 Å². The zero-order valence-electron chi connectivity index (χ0n) is 12.6. The van der Waals surface area contributed by atoms with Gasteiger partial charge in [-0.15, -0.1) is 0 Å². The van der Waals surface area contributed by atoms with Gasteiger partial charge in [0, 0.05) is 0 Å². The third-order valence-electron chi connectivity index (χ3n) is 3.60. The summed E-state index contributed by atoms with van der Waals surface area (Å²) in [4.78, 5) is 0.276. The highest BCUT2D eigenvalue weighted by molar-refractivity contribution is 7.89. The van der Waals surface area contributed by atoms with E-state index in [1.165, 1.54) is 0 Å². The zero-order valence-corrected chi connectivity index (χ0v) is 13.4. The maximum Gasteiger partial charge on any atom is 0.240 e. The summed E-state index contributed by atoms with van der Waals surface area (Å²) in [5.41, 5.74) is 1.15. The maximum atomic E-state index is 12.2. The van der Waals surface area contributed by atoms with E-state index >= 15 is 0 Å². The molecule has 1 heterocycles. The van der Waals surface area contributed by atoms with Gasteiger partial charge in [-0.1, -0.05) is 26.0 Å². The van der Waals surface area contributed by atoms with Crippen molar-refractivity contribution in [3.8, 4) is 0 Å². The van der Waals surface area contributed by atoms with Gasteiger partial charge in [-0.2, -0.15) is 0 Å². The molecular formula is C16H21NO3S. The van der Waals surface area contributed by atoms with Gasteiger partial charge in [0.25, 0.3) is 0 Å². The average molecular weight is 307 g/mol. The van der Waals surface area contributed by atoms with Crippen molar-refractivity contribution in [2.24, 2.45) is 0 Å². The van der Waals surface area contributed by atoms with Crippen LogP contribution in [0.4, 0.5) is 0 Å². The molecule has 0 aliphatic carbocycles. The molecule has 0 radical (unpaired) electrons. The Hall–Kier alpha value is -1.59. The molecule has 0 amide bonds. The second-order valence-electron chi connectivity index (χ2n) is 5.22. The molecule has 0 saturated heterocycles. The highest BCUT2D eigenvalue weighted by Gasteiger charge is 2.15. The van der Waals surface area contributed by atoms with E-state index < -0.39 is 10.0 Å². The molecule has 2 rings (SSSR count). The number of benzene rings is 1. The molecule has 4 nitrogen and oxygen atoms in total. The molecule has 0 bridgehead atoms. The Morgan fingerprint density at radius 1 is 1.14 bits per heavy atom. The SMILES string of the molecule is CCC(C)c1ccc(S(=O)(=O)NCc2ccc(C)o2)cc1. The highest BCUT2D eigenvalue weighted by atomic mass is 32.2. The summed E-state index contributed by atoms with van der Waals surface area (Å²) in [7, 11) is -3.51. The van der Waals surface area contributed by atoms with Crippen molar-refractivity contribution in [1.82, 2.24) is 4.72 Å². The van der Waals surface area contributed by atoms with Crippen molar-refractivity contribution in [3.05, 3.63) is 53.5 Å². The first-order chi connectivity index (χ1) is 9.92. The summed E-state index contributed by atoms with van der Waals surface area (Å²) in [6, 6.07) is 10.6. The molecule has 0 spiro atoms. The van der Waals surface area contributed by atoms with Crippen LogP contribution in [0.25, 0.3) is 0 Å². The largest absolute Gasteiger partial charge is 0.465 e. The van der Waals surface area contributed by atoms with Gasteiger partial charge >= 0.3 is 0 Å². The van der Waals surface area contributed by atoms with Crippen LogP contribution >= 0.6 is 0 Å². The van der Waals surface area contributed by atoms with Gasteiger partial charge in [-0.05, 0) is 49.1 Å². The van der Waals surface area contributed by atoms with Crippen LogP contribution < -0.4 is 4.72 Å². The summed E-state index contributed by atoms with van der Waals surface area (Å²) >= 11 is 0. The monoisotopic (exact) mass is 307 g/mol. The Balaban J connectivity index is 2.08. The number of furan rings is 1. The summed E-state index contributed by atoms with van der Waals surface area (Å²) in [5.74, 6) is 1.80. The van der Waals surface area contributed by atoms with Gasteiger partial charge in [0.05, 0.1) is 11.4 Å². The van der Waals surface area contributed by atoms with Gasteiger partial charge < -0.3 is 4.42 Å². The second-order valence-corrected chi connectivity index (χ2v) is 6.98. The number of sulfonamides is 1. The lowest BCUT2D eigenvalue weighted by molar-refractivity contribution is 0.475. The van der Waals surface area contributed by atoms with E-state index in [1.54, 1.807) is 18.2 Å². The van der Waals surface area contributed by atoms with Crippen LogP contribution in [0.15, 0.2) is 45.7 Å². The van der Waals surface area contributed by atoms with Crippen LogP contribution in [0.1, 0.15) is 43.3 Å². The Kier molecular flexibility index (Phi) is 4.85. The van der Waals surface area contributed by atoms with Gasteiger partial charge in [0.15, 0.2) is 0 Å². The Morgan fingerprint density at radius 3 is 2.33 bits per heavy atom. The average Bonchev–Trinajstić information content (AvgIpc) is 2.90. The lowest BCUT2D eigenvalue weighted by Gasteiger charge is -2.10. The number of hydrogen-bond donors (Lipinski definition) is 1. The van der Waals surface area contributed by atoms with E-state index in [2.05, 4.69) is 18.6 Å². The topological polar surface area (TPSA) is 59.3 Å². The third kappa shape index (κ3) is 3.95. The molecule has 5 heteroatoms. The van der Waals surface area contributed by atoms with Crippen molar-refractivity contribution < 1.29 is 12.8 Å². The van der Waals surface area contributed by atoms with Gasteiger partial charge in [0.2, 0.25) is 10.0 Å². The van der Waals surface area contributed by atoms with Crippen LogP contribution in [0.5, 0.6) is 0 Å². The first kappa shape index (κ1) is 15.8. The predicted octanol–water partition coefficient (Wildman–Crippen LogP) is 3.58. The Bertz CT molecular complexity index is 687. The fourth-order valence-corrected chi connectivity index (χ4v) is 3.03. The van der Waals surface area contributed by atoms with Crippen molar-refractivity contribution in [2.75, 3.05) is 0 Å². The quantitative estimate of drug-likeness (QED) is 0.887. The van der Waals surface area contributed by atoms with E-state index in [-0.39, 0.29) is 11.4 Å². The number of rotatable bonds is 6. The van der Waals surface area contributed by atoms with Crippen molar-refractivity contribution in [1.29, 1.82) is 0 Å². The summed E-state index contributed by atoms with van der Waals surface area (Å²) in [6.07, 6.45) is 1.03. The van der Waals surface area contributed by atoms with Gasteiger partial charge in [0.1, 0.15) is 11.5 Å². The minimum Gasteiger partial charge on any atom is -0.465 e. The van der Waals surface area contributed by atoms with Gasteiger partial charge in [-0.25, -0.2) is 13.1 Å². The molecule has 0 saturated carbocycles. The molecule has 21 heavy (non-hydrogen) atoms. The first-order valence-electron chi connectivity index (χ1n) is 7.07. The highest BCUT2D eigenvalue weighted by Crippen LogP contribution is 2.20. The maximum absolute atomic E-state index is 12.2. The van der Waals surface area contributed by atoms with Crippen LogP contribution in [0, 0.1) is 6.92 Å². The third-order valence-corrected chi connectivity index (χ3v) is 5.02.